The average molecular weight is 311 g/mol. The average Bonchev–Trinajstić information content (AvgIpc) is 3.05. The molecule has 0 spiro atoms. The monoisotopic (exact) mass is 311 g/mol. The number of hydrogen-bond donors (Lipinski definition) is 1. The van der Waals surface area contributed by atoms with Gasteiger partial charge in [0, 0.05) is 11.8 Å². The van der Waals surface area contributed by atoms with Gasteiger partial charge in [-0.3, -0.25) is 0 Å². The van der Waals surface area contributed by atoms with Gasteiger partial charge in [0.15, 0.2) is 0 Å². The van der Waals surface area contributed by atoms with Gasteiger partial charge in [0.05, 0.1) is 17.6 Å². The van der Waals surface area contributed by atoms with Crippen molar-refractivity contribution in [2.75, 3.05) is 7.11 Å². The van der Waals surface area contributed by atoms with E-state index in [4.69, 9.17) is 0 Å². The third kappa shape index (κ3) is 2.84. The molecular formula is C17H13NO3S. The number of nitrogens with zero attached hydrogens (tertiary/aromatic N) is 1. The zero-order valence-electron chi connectivity index (χ0n) is 11.8. The Hall–Kier alpha value is -2.66. The molecule has 0 aliphatic heterocycles. The van der Waals surface area contributed by atoms with Crippen LogP contribution >= 0.6 is 11.3 Å². The van der Waals surface area contributed by atoms with E-state index in [1.807, 2.05) is 24.3 Å². The number of esters is 1. The van der Waals surface area contributed by atoms with E-state index >= 15 is 0 Å². The van der Waals surface area contributed by atoms with Crippen molar-refractivity contribution in [2.45, 2.75) is 0 Å². The van der Waals surface area contributed by atoms with Crippen LogP contribution in [-0.4, -0.2) is 23.2 Å². The van der Waals surface area contributed by atoms with Gasteiger partial charge in [-0.05, 0) is 42.0 Å². The molecule has 3 aromatic rings. The largest absolute Gasteiger partial charge is 0.508 e. The molecule has 3 rings (SSSR count). The van der Waals surface area contributed by atoms with Crippen molar-refractivity contribution in [3.05, 3.63) is 60.3 Å². The molecule has 0 aliphatic carbocycles. The van der Waals surface area contributed by atoms with Gasteiger partial charge in [0.2, 0.25) is 0 Å². The lowest BCUT2D eigenvalue weighted by Gasteiger charge is -2.00. The summed E-state index contributed by atoms with van der Waals surface area (Å²) in [5.41, 5.74) is 2.47. The highest BCUT2D eigenvalue weighted by atomic mass is 32.1. The van der Waals surface area contributed by atoms with E-state index in [0.717, 1.165) is 21.0 Å². The Morgan fingerprint density at radius 2 is 1.68 bits per heavy atom. The van der Waals surface area contributed by atoms with Gasteiger partial charge in [-0.15, -0.1) is 11.3 Å². The third-order valence-corrected chi connectivity index (χ3v) is 4.31. The predicted molar refractivity (Wildman–Crippen MR) is 86.0 cm³/mol. The molecule has 1 N–H and O–H groups in total. The first-order chi connectivity index (χ1) is 10.7. The van der Waals surface area contributed by atoms with Crippen molar-refractivity contribution in [1.82, 2.24) is 4.98 Å². The minimum absolute atomic E-state index is 0.242. The molecule has 1 aromatic heterocycles. The van der Waals surface area contributed by atoms with E-state index in [1.54, 1.807) is 41.8 Å². The van der Waals surface area contributed by atoms with E-state index in [0.29, 0.717) is 5.56 Å². The van der Waals surface area contributed by atoms with Gasteiger partial charge in [-0.1, -0.05) is 12.1 Å². The summed E-state index contributed by atoms with van der Waals surface area (Å²) in [6.45, 7) is 0. The first-order valence-electron chi connectivity index (χ1n) is 6.61. The van der Waals surface area contributed by atoms with Crippen LogP contribution in [0.5, 0.6) is 5.75 Å². The number of methoxy groups -OCH3 is 1. The second kappa shape index (κ2) is 5.99. The van der Waals surface area contributed by atoms with Gasteiger partial charge in [-0.2, -0.15) is 0 Å². The number of phenolic OH excluding ortho intramolecular Hbond substituents is 1. The minimum Gasteiger partial charge on any atom is -0.508 e. The summed E-state index contributed by atoms with van der Waals surface area (Å²) in [4.78, 5) is 16.9. The number of carbonyl (C=O) groups is 1. The molecule has 0 radical (unpaired) electrons. The maximum absolute atomic E-state index is 11.4. The molecule has 5 heteroatoms. The fraction of sp³-hybridized carbons (Fsp3) is 0.0588. The molecule has 0 bridgehead atoms. The topological polar surface area (TPSA) is 59.4 Å². The van der Waals surface area contributed by atoms with Crippen molar-refractivity contribution >= 4 is 17.3 Å². The highest BCUT2D eigenvalue weighted by Crippen LogP contribution is 2.32. The Morgan fingerprint density at radius 3 is 2.32 bits per heavy atom. The first kappa shape index (κ1) is 14.3. The van der Waals surface area contributed by atoms with Crippen LogP contribution in [0.15, 0.2) is 54.7 Å². The molecule has 0 unspecified atom stereocenters. The van der Waals surface area contributed by atoms with Crippen molar-refractivity contribution in [2.24, 2.45) is 0 Å². The first-order valence-corrected chi connectivity index (χ1v) is 7.43. The van der Waals surface area contributed by atoms with Crippen molar-refractivity contribution in [1.29, 1.82) is 0 Å². The number of hydrogen-bond acceptors (Lipinski definition) is 5. The maximum Gasteiger partial charge on any atom is 0.337 e. The van der Waals surface area contributed by atoms with E-state index in [9.17, 15) is 9.90 Å². The minimum atomic E-state index is -0.351. The number of phenols is 1. The highest BCUT2D eigenvalue weighted by molar-refractivity contribution is 7.18. The maximum atomic E-state index is 11.4. The van der Waals surface area contributed by atoms with Crippen LogP contribution < -0.4 is 0 Å². The van der Waals surface area contributed by atoms with Gasteiger partial charge < -0.3 is 9.84 Å². The smallest absolute Gasteiger partial charge is 0.337 e. The second-order valence-electron chi connectivity index (χ2n) is 4.65. The number of carbonyl (C=O) groups excluding carboxylic acids is 1. The van der Waals surface area contributed by atoms with E-state index in [-0.39, 0.29) is 11.7 Å². The fourth-order valence-corrected chi connectivity index (χ4v) is 2.96. The number of ether oxygens (including phenoxy) is 1. The summed E-state index contributed by atoms with van der Waals surface area (Å²) in [5, 5.41) is 10.2. The Bertz CT molecular complexity index is 792. The lowest BCUT2D eigenvalue weighted by Crippen LogP contribution is -2.00. The van der Waals surface area contributed by atoms with E-state index in [1.165, 1.54) is 7.11 Å². The molecule has 2 aromatic carbocycles. The van der Waals surface area contributed by atoms with E-state index < -0.39 is 0 Å². The Labute approximate surface area is 131 Å². The quantitative estimate of drug-likeness (QED) is 0.744. The van der Waals surface area contributed by atoms with Gasteiger partial charge in [0.1, 0.15) is 10.8 Å². The highest BCUT2D eigenvalue weighted by Gasteiger charge is 2.09. The zero-order valence-corrected chi connectivity index (χ0v) is 12.6. The predicted octanol–water partition coefficient (Wildman–Crippen LogP) is 3.97. The number of aromatic nitrogens is 1. The molecule has 110 valence electrons. The van der Waals surface area contributed by atoms with Gasteiger partial charge in [-0.25, -0.2) is 9.78 Å². The summed E-state index contributed by atoms with van der Waals surface area (Å²) < 4.78 is 4.68. The molecule has 0 saturated carbocycles. The number of rotatable bonds is 3. The van der Waals surface area contributed by atoms with Crippen LogP contribution in [-0.2, 0) is 4.74 Å². The SMILES string of the molecule is COC(=O)c1ccc(-c2ncc(-c3ccc(O)cc3)s2)cc1. The Morgan fingerprint density at radius 1 is 1.05 bits per heavy atom. The molecular weight excluding hydrogens is 298 g/mol. The summed E-state index contributed by atoms with van der Waals surface area (Å²) in [6.07, 6.45) is 1.81. The molecule has 0 aliphatic rings. The van der Waals surface area contributed by atoms with Crippen LogP contribution in [0.1, 0.15) is 10.4 Å². The van der Waals surface area contributed by atoms with Crippen LogP contribution in [0.2, 0.25) is 0 Å². The molecule has 4 nitrogen and oxygen atoms in total. The van der Waals surface area contributed by atoms with Gasteiger partial charge >= 0.3 is 5.97 Å². The number of thiazole rings is 1. The fourth-order valence-electron chi connectivity index (χ4n) is 2.03. The second-order valence-corrected chi connectivity index (χ2v) is 5.68. The summed E-state index contributed by atoms with van der Waals surface area (Å²) in [5.74, 6) is -0.109. The van der Waals surface area contributed by atoms with Crippen LogP contribution in [0.25, 0.3) is 21.0 Å². The summed E-state index contributed by atoms with van der Waals surface area (Å²) in [6, 6.07) is 14.2. The summed E-state index contributed by atoms with van der Waals surface area (Å²) >= 11 is 1.56. The lowest BCUT2D eigenvalue weighted by molar-refractivity contribution is 0.0601. The zero-order chi connectivity index (χ0) is 15.5. The molecule has 0 atom stereocenters. The van der Waals surface area contributed by atoms with Crippen LogP contribution in [0.3, 0.4) is 0 Å². The van der Waals surface area contributed by atoms with Crippen LogP contribution in [0.4, 0.5) is 0 Å². The Balaban J connectivity index is 1.87. The Kier molecular flexibility index (Phi) is 3.89. The lowest BCUT2D eigenvalue weighted by atomic mass is 10.1. The molecule has 0 amide bonds. The van der Waals surface area contributed by atoms with Crippen molar-refractivity contribution in [3.8, 4) is 26.8 Å². The molecule has 22 heavy (non-hydrogen) atoms. The van der Waals surface area contributed by atoms with Crippen molar-refractivity contribution in [3.63, 3.8) is 0 Å². The number of aromatic hydroxyl groups is 1. The molecule has 1 heterocycles. The molecule has 0 fully saturated rings. The molecule has 0 saturated heterocycles. The van der Waals surface area contributed by atoms with Crippen molar-refractivity contribution < 1.29 is 14.6 Å². The van der Waals surface area contributed by atoms with Gasteiger partial charge in [0.25, 0.3) is 0 Å². The number of benzene rings is 2. The third-order valence-electron chi connectivity index (χ3n) is 3.21. The normalized spacial score (nSPS) is 10.4. The summed E-state index contributed by atoms with van der Waals surface area (Å²) in [7, 11) is 1.36. The van der Waals surface area contributed by atoms with E-state index in [2.05, 4.69) is 9.72 Å². The van der Waals surface area contributed by atoms with Crippen LogP contribution in [0, 0.1) is 0 Å². The standard InChI is InChI=1S/C17H13NO3S/c1-21-17(20)13-4-2-12(3-5-13)16-18-10-15(22-16)11-6-8-14(19)9-7-11/h2-10,19H,1H3.